The van der Waals surface area contributed by atoms with Crippen LogP contribution in [0.2, 0.25) is 5.02 Å². The molecule has 1 aromatic heterocycles. The van der Waals surface area contributed by atoms with E-state index in [4.69, 9.17) is 16.6 Å². The molecule has 1 atom stereocenters. The Morgan fingerprint density at radius 3 is 2.74 bits per heavy atom. The molecule has 0 aliphatic carbocycles. The first kappa shape index (κ1) is 18.0. The van der Waals surface area contributed by atoms with Crippen molar-refractivity contribution in [3.05, 3.63) is 39.4 Å². The summed E-state index contributed by atoms with van der Waals surface area (Å²) >= 11 is 6.05. The van der Waals surface area contributed by atoms with Crippen LogP contribution in [0.4, 0.5) is 0 Å². The zero-order valence-electron chi connectivity index (χ0n) is 14.3. The number of halogens is 1. The summed E-state index contributed by atoms with van der Waals surface area (Å²) in [5, 5.41) is 3.52. The zero-order chi connectivity index (χ0) is 16.8. The van der Waals surface area contributed by atoms with Gasteiger partial charge in [-0.05, 0) is 44.9 Å². The second kappa shape index (κ2) is 8.46. The van der Waals surface area contributed by atoms with E-state index in [0.717, 1.165) is 12.4 Å². The third kappa shape index (κ3) is 4.33. The molecule has 0 bridgehead atoms. The van der Waals surface area contributed by atoms with Gasteiger partial charge in [0.2, 0.25) is 0 Å². The van der Waals surface area contributed by atoms with Gasteiger partial charge in [-0.15, -0.1) is 0 Å². The molecule has 1 aromatic carbocycles. The van der Waals surface area contributed by atoms with Crippen LogP contribution < -0.4 is 10.9 Å². The fourth-order valence-corrected chi connectivity index (χ4v) is 3.08. The van der Waals surface area contributed by atoms with Crippen LogP contribution in [0.25, 0.3) is 10.9 Å². The van der Waals surface area contributed by atoms with Crippen LogP contribution in [0.5, 0.6) is 0 Å². The van der Waals surface area contributed by atoms with Gasteiger partial charge in [0, 0.05) is 11.6 Å². The summed E-state index contributed by atoms with van der Waals surface area (Å²) in [7, 11) is 0. The zero-order valence-corrected chi connectivity index (χ0v) is 15.1. The number of nitrogens with two attached hydrogens (primary N) is 1. The van der Waals surface area contributed by atoms with Crippen molar-refractivity contribution in [2.45, 2.75) is 59.0 Å². The van der Waals surface area contributed by atoms with Crippen LogP contribution in [0, 0.1) is 0 Å². The number of quaternary nitrogens is 1. The fraction of sp³-hybridized carbons (Fsp3) is 0.556. The van der Waals surface area contributed by atoms with Gasteiger partial charge in [-0.1, -0.05) is 31.4 Å². The predicted molar refractivity (Wildman–Crippen MR) is 96.0 cm³/mol. The Labute approximate surface area is 142 Å². The lowest BCUT2D eigenvalue weighted by Crippen LogP contribution is -2.85. The van der Waals surface area contributed by atoms with E-state index in [0.29, 0.717) is 22.5 Å². The molecule has 2 rings (SSSR count). The summed E-state index contributed by atoms with van der Waals surface area (Å²) in [6.07, 6.45) is 5.00. The van der Waals surface area contributed by atoms with Crippen molar-refractivity contribution >= 4 is 22.5 Å². The average Bonchev–Trinajstić information content (AvgIpc) is 2.54. The number of aromatic nitrogens is 2. The highest BCUT2D eigenvalue weighted by atomic mass is 35.5. The highest BCUT2D eigenvalue weighted by Gasteiger charge is 2.18. The maximum atomic E-state index is 12.7. The highest BCUT2D eigenvalue weighted by Crippen LogP contribution is 2.17. The van der Waals surface area contributed by atoms with Gasteiger partial charge in [0.05, 0.1) is 17.4 Å². The molecule has 0 fully saturated rings. The first-order valence-electron chi connectivity index (χ1n) is 8.61. The largest absolute Gasteiger partial charge is 0.338 e. The van der Waals surface area contributed by atoms with E-state index in [1.165, 1.54) is 25.7 Å². The second-order valence-corrected chi connectivity index (χ2v) is 6.49. The first-order valence-corrected chi connectivity index (χ1v) is 8.99. The Morgan fingerprint density at radius 2 is 2.04 bits per heavy atom. The van der Waals surface area contributed by atoms with Gasteiger partial charge in [0.25, 0.3) is 5.56 Å². The van der Waals surface area contributed by atoms with E-state index in [1.54, 1.807) is 22.8 Å². The lowest BCUT2D eigenvalue weighted by atomic mass is 10.2. The fourth-order valence-electron chi connectivity index (χ4n) is 2.91. The maximum Gasteiger partial charge on any atom is 0.261 e. The van der Waals surface area contributed by atoms with Crippen molar-refractivity contribution in [1.29, 1.82) is 0 Å². The second-order valence-electron chi connectivity index (χ2n) is 6.05. The molecule has 2 aromatic rings. The Bertz CT molecular complexity index is 711. The normalized spacial score (nSPS) is 12.7. The third-order valence-corrected chi connectivity index (χ3v) is 4.48. The molecule has 0 saturated heterocycles. The number of unbranched alkanes of at least 4 members (excludes halogenated alkanes) is 3. The SMILES string of the molecule is CCCCCC[NH2+][C@H](C)c1nc2cc(Cl)ccc2c(=O)n1CC. The molecular weight excluding hydrogens is 310 g/mol. The van der Waals surface area contributed by atoms with E-state index < -0.39 is 0 Å². The highest BCUT2D eigenvalue weighted by molar-refractivity contribution is 6.31. The molecule has 0 radical (unpaired) electrons. The summed E-state index contributed by atoms with van der Waals surface area (Å²) < 4.78 is 1.78. The monoisotopic (exact) mass is 336 g/mol. The average molecular weight is 337 g/mol. The first-order chi connectivity index (χ1) is 11.1. The Balaban J connectivity index is 2.26. The molecule has 126 valence electrons. The lowest BCUT2D eigenvalue weighted by molar-refractivity contribution is -0.694. The number of hydrogen-bond acceptors (Lipinski definition) is 2. The van der Waals surface area contributed by atoms with E-state index >= 15 is 0 Å². The maximum absolute atomic E-state index is 12.7. The number of rotatable bonds is 8. The Kier molecular flexibility index (Phi) is 6.60. The van der Waals surface area contributed by atoms with Gasteiger partial charge in [-0.2, -0.15) is 0 Å². The van der Waals surface area contributed by atoms with Crippen LogP contribution in [-0.4, -0.2) is 16.1 Å². The van der Waals surface area contributed by atoms with Crippen molar-refractivity contribution in [3.63, 3.8) is 0 Å². The molecule has 1 heterocycles. The molecule has 23 heavy (non-hydrogen) atoms. The van der Waals surface area contributed by atoms with Gasteiger partial charge >= 0.3 is 0 Å². The van der Waals surface area contributed by atoms with Crippen LogP contribution in [-0.2, 0) is 6.54 Å². The van der Waals surface area contributed by atoms with Gasteiger partial charge < -0.3 is 5.32 Å². The predicted octanol–water partition coefficient (Wildman–Crippen LogP) is 3.27. The standard InChI is InChI=1S/C18H26ClN3O/c1-4-6-7-8-11-20-13(3)17-21-16-12-14(19)9-10-15(16)18(23)22(17)5-2/h9-10,12-13,20H,4-8,11H2,1-3H3/p+1/t13-/m1/s1. The van der Waals surface area contributed by atoms with Crippen LogP contribution in [0.15, 0.2) is 23.0 Å². The van der Waals surface area contributed by atoms with Gasteiger partial charge in [0.1, 0.15) is 6.04 Å². The van der Waals surface area contributed by atoms with Crippen LogP contribution in [0.1, 0.15) is 58.3 Å². The van der Waals surface area contributed by atoms with Gasteiger partial charge in [0.15, 0.2) is 5.82 Å². The molecule has 0 unspecified atom stereocenters. The Hall–Kier alpha value is -1.39. The Morgan fingerprint density at radius 1 is 1.26 bits per heavy atom. The molecule has 0 amide bonds. The molecule has 5 heteroatoms. The molecule has 4 nitrogen and oxygen atoms in total. The van der Waals surface area contributed by atoms with E-state index in [1.807, 2.05) is 6.92 Å². The topological polar surface area (TPSA) is 51.5 Å². The van der Waals surface area contributed by atoms with Crippen molar-refractivity contribution in [1.82, 2.24) is 9.55 Å². The number of benzene rings is 1. The summed E-state index contributed by atoms with van der Waals surface area (Å²) in [5.41, 5.74) is 0.712. The lowest BCUT2D eigenvalue weighted by Gasteiger charge is -2.16. The van der Waals surface area contributed by atoms with Crippen molar-refractivity contribution in [2.75, 3.05) is 6.54 Å². The van der Waals surface area contributed by atoms with Crippen molar-refractivity contribution < 1.29 is 5.32 Å². The van der Waals surface area contributed by atoms with Crippen molar-refractivity contribution in [2.24, 2.45) is 0 Å². The third-order valence-electron chi connectivity index (χ3n) is 4.25. The van der Waals surface area contributed by atoms with E-state index in [-0.39, 0.29) is 11.6 Å². The minimum absolute atomic E-state index is 0.0235. The molecule has 0 aliphatic heterocycles. The number of nitrogens with zero attached hydrogens (tertiary/aromatic N) is 2. The van der Waals surface area contributed by atoms with Crippen molar-refractivity contribution in [3.8, 4) is 0 Å². The smallest absolute Gasteiger partial charge is 0.261 e. The van der Waals surface area contributed by atoms with Crippen LogP contribution in [0.3, 0.4) is 0 Å². The summed E-state index contributed by atoms with van der Waals surface area (Å²) in [6.45, 7) is 8.02. The molecule has 0 saturated carbocycles. The molecule has 2 N–H and O–H groups in total. The van der Waals surface area contributed by atoms with E-state index in [9.17, 15) is 4.79 Å². The van der Waals surface area contributed by atoms with Gasteiger partial charge in [-0.3, -0.25) is 9.36 Å². The molecular formula is C18H27ClN3O+. The quantitative estimate of drug-likeness (QED) is 0.752. The summed E-state index contributed by atoms with van der Waals surface area (Å²) in [4.78, 5) is 17.4. The number of hydrogen-bond donors (Lipinski definition) is 1. The minimum Gasteiger partial charge on any atom is -0.338 e. The minimum atomic E-state index is 0.0235. The molecule has 0 spiro atoms. The number of fused-ring (bicyclic) bond motifs is 1. The van der Waals surface area contributed by atoms with Gasteiger partial charge in [-0.25, -0.2) is 4.98 Å². The van der Waals surface area contributed by atoms with E-state index in [2.05, 4.69) is 19.2 Å². The van der Waals surface area contributed by atoms with Crippen LogP contribution >= 0.6 is 11.6 Å². The molecule has 0 aliphatic rings. The summed E-state index contributed by atoms with van der Waals surface area (Å²) in [5.74, 6) is 0.836. The summed E-state index contributed by atoms with van der Waals surface area (Å²) in [6, 6.07) is 5.45.